The fourth-order valence-corrected chi connectivity index (χ4v) is 3.70. The average molecular weight is 365 g/mol. The minimum atomic E-state index is -0.335. The molecule has 24 heavy (non-hydrogen) atoms. The highest BCUT2D eigenvalue weighted by Crippen LogP contribution is 2.28. The number of benzene rings is 1. The molecule has 0 bridgehead atoms. The summed E-state index contributed by atoms with van der Waals surface area (Å²) in [6.07, 6.45) is 0. The van der Waals surface area contributed by atoms with Crippen molar-refractivity contribution in [2.75, 3.05) is 31.3 Å². The highest BCUT2D eigenvalue weighted by Gasteiger charge is 2.26. The number of thioether (sulfide) groups is 1. The lowest BCUT2D eigenvalue weighted by atomic mass is 10.3. The number of imide groups is 1. The molecule has 3 amide bonds. The Morgan fingerprint density at radius 2 is 2.38 bits per heavy atom. The Morgan fingerprint density at radius 1 is 1.50 bits per heavy atom. The molecule has 126 valence electrons. The minimum Gasteiger partial charge on any atom is -0.497 e. The topological polar surface area (TPSA) is 96.4 Å². The van der Waals surface area contributed by atoms with Crippen molar-refractivity contribution in [1.29, 1.82) is 0 Å². The Hall–Kier alpha value is -2.33. The molecule has 0 aliphatic carbocycles. The van der Waals surface area contributed by atoms with Gasteiger partial charge < -0.3 is 15.4 Å². The Kier molecular flexibility index (Phi) is 5.16. The van der Waals surface area contributed by atoms with E-state index < -0.39 is 0 Å². The third-order valence-electron chi connectivity index (χ3n) is 3.20. The van der Waals surface area contributed by atoms with E-state index in [0.29, 0.717) is 22.6 Å². The van der Waals surface area contributed by atoms with E-state index in [-0.39, 0.29) is 17.7 Å². The molecule has 3 rings (SSSR count). The molecule has 1 aliphatic rings. The summed E-state index contributed by atoms with van der Waals surface area (Å²) >= 11 is 2.61. The Bertz CT molecular complexity index is 752. The second-order valence-electron chi connectivity index (χ2n) is 4.80. The quantitative estimate of drug-likeness (QED) is 0.755. The summed E-state index contributed by atoms with van der Waals surface area (Å²) in [5.41, 5.74) is 0.840. The average Bonchev–Trinajstić information content (AvgIpc) is 3.22. The highest BCUT2D eigenvalue weighted by atomic mass is 32.2. The summed E-state index contributed by atoms with van der Waals surface area (Å²) in [5.74, 6) is 0.669. The van der Waals surface area contributed by atoms with E-state index in [1.54, 1.807) is 7.11 Å². The summed E-state index contributed by atoms with van der Waals surface area (Å²) < 4.78 is 5.83. The molecule has 1 aliphatic heterocycles. The lowest BCUT2D eigenvalue weighted by molar-refractivity contribution is -0.124. The number of ether oxygens (including phenoxy) is 1. The van der Waals surface area contributed by atoms with Gasteiger partial charge in [-0.3, -0.25) is 9.69 Å². The molecule has 2 heterocycles. The summed E-state index contributed by atoms with van der Waals surface area (Å²) in [6.45, 7) is 0.916. The third-order valence-corrected chi connectivity index (χ3v) is 5.16. The van der Waals surface area contributed by atoms with Crippen molar-refractivity contribution in [3.05, 3.63) is 24.3 Å². The van der Waals surface area contributed by atoms with E-state index in [1.807, 2.05) is 24.3 Å². The van der Waals surface area contributed by atoms with Crippen LogP contribution in [0.1, 0.15) is 0 Å². The van der Waals surface area contributed by atoms with Gasteiger partial charge in [0.15, 0.2) is 4.34 Å². The summed E-state index contributed by atoms with van der Waals surface area (Å²) in [5, 5.41) is 14.5. The van der Waals surface area contributed by atoms with Crippen LogP contribution in [0.15, 0.2) is 28.6 Å². The molecular formula is C14H15N5O3S2. The van der Waals surface area contributed by atoms with Crippen LogP contribution >= 0.6 is 23.1 Å². The van der Waals surface area contributed by atoms with Crippen LogP contribution < -0.4 is 15.4 Å². The standard InChI is InChI=1S/C14H15N5O3S2/c1-22-10-4-2-3-9(7-10)16-12-17-18-14(24-12)23-8-11(20)19-6-5-15-13(19)21/h2-4,7H,5-6,8H2,1H3,(H,15,21)(H,16,17). The van der Waals surface area contributed by atoms with Crippen LogP contribution in [-0.4, -0.2) is 53.0 Å². The lowest BCUT2D eigenvalue weighted by Crippen LogP contribution is -2.35. The number of anilines is 2. The number of hydrogen-bond acceptors (Lipinski definition) is 8. The van der Waals surface area contributed by atoms with E-state index in [4.69, 9.17) is 4.74 Å². The number of aromatic nitrogens is 2. The van der Waals surface area contributed by atoms with Gasteiger partial charge in [-0.2, -0.15) is 0 Å². The molecule has 1 aromatic heterocycles. The number of nitrogens with one attached hydrogen (secondary N) is 2. The van der Waals surface area contributed by atoms with Crippen LogP contribution in [-0.2, 0) is 4.79 Å². The maximum absolute atomic E-state index is 12.0. The van der Waals surface area contributed by atoms with Crippen LogP contribution in [0.4, 0.5) is 15.6 Å². The van der Waals surface area contributed by atoms with Gasteiger partial charge in [-0.05, 0) is 12.1 Å². The predicted octanol–water partition coefficient (Wildman–Crippen LogP) is 1.93. The first-order chi connectivity index (χ1) is 11.7. The Labute approximate surface area is 146 Å². The highest BCUT2D eigenvalue weighted by molar-refractivity contribution is 8.01. The summed E-state index contributed by atoms with van der Waals surface area (Å²) in [4.78, 5) is 24.6. The number of methoxy groups -OCH3 is 1. The van der Waals surface area contributed by atoms with Gasteiger partial charge >= 0.3 is 6.03 Å². The normalized spacial score (nSPS) is 13.7. The monoisotopic (exact) mass is 365 g/mol. The number of amides is 3. The van der Waals surface area contributed by atoms with Gasteiger partial charge in [0.05, 0.1) is 12.9 Å². The van der Waals surface area contributed by atoms with Gasteiger partial charge in [0, 0.05) is 24.8 Å². The number of carbonyl (C=O) groups excluding carboxylic acids is 2. The first kappa shape index (κ1) is 16.5. The number of carbonyl (C=O) groups is 2. The molecular weight excluding hydrogens is 350 g/mol. The maximum atomic E-state index is 12.0. The molecule has 10 heteroatoms. The van der Waals surface area contributed by atoms with Gasteiger partial charge in [-0.15, -0.1) is 10.2 Å². The van der Waals surface area contributed by atoms with E-state index in [9.17, 15) is 9.59 Å². The molecule has 1 fully saturated rings. The van der Waals surface area contributed by atoms with Crippen molar-refractivity contribution in [3.63, 3.8) is 0 Å². The molecule has 0 unspecified atom stereocenters. The number of urea groups is 1. The predicted molar refractivity (Wildman–Crippen MR) is 92.0 cm³/mol. The van der Waals surface area contributed by atoms with Crippen LogP contribution in [0.25, 0.3) is 0 Å². The largest absolute Gasteiger partial charge is 0.497 e. The third kappa shape index (κ3) is 3.95. The second-order valence-corrected chi connectivity index (χ2v) is 7.00. The van der Waals surface area contributed by atoms with Crippen molar-refractivity contribution in [2.45, 2.75) is 4.34 Å². The Morgan fingerprint density at radius 3 is 3.12 bits per heavy atom. The van der Waals surface area contributed by atoms with Crippen LogP contribution in [0.2, 0.25) is 0 Å². The first-order valence-corrected chi connectivity index (χ1v) is 8.91. The molecule has 8 nitrogen and oxygen atoms in total. The van der Waals surface area contributed by atoms with Gasteiger partial charge in [0.1, 0.15) is 5.75 Å². The van der Waals surface area contributed by atoms with E-state index in [2.05, 4.69) is 20.8 Å². The van der Waals surface area contributed by atoms with E-state index >= 15 is 0 Å². The molecule has 2 aromatic rings. The van der Waals surface area contributed by atoms with Crippen molar-refractivity contribution in [3.8, 4) is 5.75 Å². The van der Waals surface area contributed by atoms with Crippen molar-refractivity contribution in [2.24, 2.45) is 0 Å². The molecule has 0 saturated carbocycles. The first-order valence-electron chi connectivity index (χ1n) is 7.11. The summed E-state index contributed by atoms with van der Waals surface area (Å²) in [6, 6.07) is 7.14. The fourth-order valence-electron chi connectivity index (χ4n) is 2.05. The Balaban J connectivity index is 1.55. The van der Waals surface area contributed by atoms with Gasteiger partial charge in [-0.25, -0.2) is 4.79 Å². The van der Waals surface area contributed by atoms with E-state index in [0.717, 1.165) is 11.4 Å². The van der Waals surface area contributed by atoms with Gasteiger partial charge in [0.2, 0.25) is 11.0 Å². The maximum Gasteiger partial charge on any atom is 0.324 e. The second kappa shape index (κ2) is 7.49. The zero-order valence-electron chi connectivity index (χ0n) is 12.8. The van der Waals surface area contributed by atoms with Crippen LogP contribution in [0, 0.1) is 0 Å². The SMILES string of the molecule is COc1cccc(Nc2nnc(SCC(=O)N3CCNC3=O)s2)c1. The molecule has 1 aromatic carbocycles. The minimum absolute atomic E-state index is 0.154. The number of rotatable bonds is 6. The molecule has 0 radical (unpaired) electrons. The van der Waals surface area contributed by atoms with E-state index in [1.165, 1.54) is 28.0 Å². The fraction of sp³-hybridized carbons (Fsp3) is 0.286. The smallest absolute Gasteiger partial charge is 0.324 e. The lowest BCUT2D eigenvalue weighted by Gasteiger charge is -2.10. The van der Waals surface area contributed by atoms with Crippen LogP contribution in [0.5, 0.6) is 5.75 Å². The molecule has 1 saturated heterocycles. The zero-order valence-corrected chi connectivity index (χ0v) is 14.4. The number of nitrogens with zero attached hydrogens (tertiary/aromatic N) is 3. The van der Waals surface area contributed by atoms with Crippen molar-refractivity contribution in [1.82, 2.24) is 20.4 Å². The molecule has 0 atom stereocenters. The van der Waals surface area contributed by atoms with Gasteiger partial charge in [-0.1, -0.05) is 29.2 Å². The zero-order chi connectivity index (χ0) is 16.9. The summed E-state index contributed by atoms with van der Waals surface area (Å²) in [7, 11) is 1.61. The van der Waals surface area contributed by atoms with Gasteiger partial charge in [0.25, 0.3) is 0 Å². The number of hydrogen-bond donors (Lipinski definition) is 2. The van der Waals surface area contributed by atoms with Crippen LogP contribution in [0.3, 0.4) is 0 Å². The molecule has 2 N–H and O–H groups in total. The molecule has 0 spiro atoms. The van der Waals surface area contributed by atoms with Crippen molar-refractivity contribution < 1.29 is 14.3 Å². The van der Waals surface area contributed by atoms with Crippen molar-refractivity contribution >= 4 is 45.9 Å².